The summed E-state index contributed by atoms with van der Waals surface area (Å²) >= 11 is 1.91. The minimum Gasteiger partial charge on any atom is -0.377 e. The van der Waals surface area contributed by atoms with E-state index in [-0.39, 0.29) is 6.04 Å². The molecule has 2 heterocycles. The Bertz CT molecular complexity index is 363. The Hall–Kier alpha value is -0.520. The topological polar surface area (TPSA) is 53.1 Å². The molecule has 0 bridgehead atoms. The van der Waals surface area contributed by atoms with Crippen LogP contribution < -0.4 is 5.73 Å². The van der Waals surface area contributed by atoms with Crippen LogP contribution in [0.2, 0.25) is 0 Å². The molecule has 0 amide bonds. The van der Waals surface area contributed by atoms with Crippen molar-refractivity contribution in [2.24, 2.45) is 12.8 Å². The fraction of sp³-hybridized carbons (Fsp3) is 0.769. The SMILES string of the molecule is CCC(N)C(SCC1CCCO1)c1cnn(C)c1. The molecule has 2 rings (SSSR count). The number of aryl methyl sites for hydroxylation is 1. The fourth-order valence-electron chi connectivity index (χ4n) is 2.25. The molecule has 0 aliphatic carbocycles. The molecule has 18 heavy (non-hydrogen) atoms. The van der Waals surface area contributed by atoms with Gasteiger partial charge in [-0.05, 0) is 19.3 Å². The Labute approximate surface area is 113 Å². The van der Waals surface area contributed by atoms with Crippen molar-refractivity contribution in [1.82, 2.24) is 9.78 Å². The molecular weight excluding hydrogens is 246 g/mol. The van der Waals surface area contributed by atoms with Gasteiger partial charge in [-0.25, -0.2) is 0 Å². The van der Waals surface area contributed by atoms with Gasteiger partial charge in [0.1, 0.15) is 0 Å². The summed E-state index contributed by atoms with van der Waals surface area (Å²) in [6, 6.07) is 0.181. The molecule has 1 aliphatic rings. The highest BCUT2D eigenvalue weighted by Crippen LogP contribution is 2.34. The second kappa shape index (κ2) is 6.59. The summed E-state index contributed by atoms with van der Waals surface area (Å²) in [6.07, 6.45) is 7.79. The van der Waals surface area contributed by atoms with Crippen LogP contribution in [0.15, 0.2) is 12.4 Å². The van der Waals surface area contributed by atoms with Crippen molar-refractivity contribution in [3.63, 3.8) is 0 Å². The second-order valence-corrected chi connectivity index (χ2v) is 6.08. The van der Waals surface area contributed by atoms with Crippen LogP contribution in [0.4, 0.5) is 0 Å². The number of rotatable bonds is 6. The monoisotopic (exact) mass is 269 g/mol. The number of nitrogens with two attached hydrogens (primary N) is 1. The molecule has 0 radical (unpaired) electrons. The van der Waals surface area contributed by atoms with E-state index in [9.17, 15) is 0 Å². The van der Waals surface area contributed by atoms with Crippen molar-refractivity contribution in [3.05, 3.63) is 18.0 Å². The Kier molecular flexibility index (Phi) is 5.09. The lowest BCUT2D eigenvalue weighted by Crippen LogP contribution is -2.26. The summed E-state index contributed by atoms with van der Waals surface area (Å²) in [5, 5.41) is 4.58. The standard InChI is InChI=1S/C13H23N3OS/c1-3-12(14)13(10-7-15-16(2)8-10)18-9-11-5-4-6-17-11/h7-8,11-13H,3-6,9,14H2,1-2H3. The van der Waals surface area contributed by atoms with Crippen LogP contribution in [0.3, 0.4) is 0 Å². The number of ether oxygens (including phenoxy) is 1. The maximum absolute atomic E-state index is 6.24. The van der Waals surface area contributed by atoms with Crippen LogP contribution in [0.1, 0.15) is 37.0 Å². The molecule has 1 saturated heterocycles. The summed E-state index contributed by atoms with van der Waals surface area (Å²) in [4.78, 5) is 0. The molecule has 4 nitrogen and oxygen atoms in total. The van der Waals surface area contributed by atoms with Crippen LogP contribution in [0.25, 0.3) is 0 Å². The molecule has 2 N–H and O–H groups in total. The quantitative estimate of drug-likeness (QED) is 0.859. The van der Waals surface area contributed by atoms with Gasteiger partial charge in [0.25, 0.3) is 0 Å². The zero-order valence-electron chi connectivity index (χ0n) is 11.2. The van der Waals surface area contributed by atoms with Crippen molar-refractivity contribution >= 4 is 11.8 Å². The van der Waals surface area contributed by atoms with Gasteiger partial charge in [-0.1, -0.05) is 6.92 Å². The summed E-state index contributed by atoms with van der Waals surface area (Å²) in [6.45, 7) is 3.06. The third-order valence-electron chi connectivity index (χ3n) is 3.40. The normalized spacial score (nSPS) is 23.2. The van der Waals surface area contributed by atoms with Gasteiger partial charge in [0.15, 0.2) is 0 Å². The van der Waals surface area contributed by atoms with Gasteiger partial charge in [-0.3, -0.25) is 4.68 Å². The van der Waals surface area contributed by atoms with E-state index in [0.717, 1.165) is 18.8 Å². The molecule has 0 aromatic carbocycles. The molecule has 1 aliphatic heterocycles. The lowest BCUT2D eigenvalue weighted by molar-refractivity contribution is 0.128. The third-order valence-corrected chi connectivity index (χ3v) is 4.94. The van der Waals surface area contributed by atoms with Crippen molar-refractivity contribution in [3.8, 4) is 0 Å². The summed E-state index contributed by atoms with van der Waals surface area (Å²) in [5.74, 6) is 1.03. The Balaban J connectivity index is 1.96. The predicted octanol–water partition coefficient (Wildman–Crippen LogP) is 2.11. The zero-order chi connectivity index (χ0) is 13.0. The predicted molar refractivity (Wildman–Crippen MR) is 75.6 cm³/mol. The highest BCUT2D eigenvalue weighted by molar-refractivity contribution is 7.99. The molecule has 1 aromatic heterocycles. The Morgan fingerprint density at radius 1 is 1.67 bits per heavy atom. The van der Waals surface area contributed by atoms with Gasteiger partial charge in [-0.2, -0.15) is 5.10 Å². The van der Waals surface area contributed by atoms with E-state index < -0.39 is 0 Å². The molecule has 3 atom stereocenters. The van der Waals surface area contributed by atoms with E-state index in [1.807, 2.05) is 29.7 Å². The van der Waals surface area contributed by atoms with Gasteiger partial charge < -0.3 is 10.5 Å². The highest BCUT2D eigenvalue weighted by atomic mass is 32.2. The first-order valence-corrected chi connectivity index (χ1v) is 7.73. The number of aromatic nitrogens is 2. The molecule has 1 aromatic rings. The van der Waals surface area contributed by atoms with Crippen LogP contribution in [-0.4, -0.2) is 34.3 Å². The van der Waals surface area contributed by atoms with Crippen molar-refractivity contribution in [2.45, 2.75) is 43.6 Å². The number of thioether (sulfide) groups is 1. The highest BCUT2D eigenvalue weighted by Gasteiger charge is 2.23. The Morgan fingerprint density at radius 2 is 2.50 bits per heavy atom. The maximum atomic E-state index is 6.24. The van der Waals surface area contributed by atoms with E-state index in [2.05, 4.69) is 18.2 Å². The minimum absolute atomic E-state index is 0.181. The average Bonchev–Trinajstić information content (AvgIpc) is 3.01. The lowest BCUT2D eigenvalue weighted by Gasteiger charge is -2.22. The summed E-state index contributed by atoms with van der Waals surface area (Å²) in [5.41, 5.74) is 7.48. The van der Waals surface area contributed by atoms with Crippen molar-refractivity contribution in [2.75, 3.05) is 12.4 Å². The van der Waals surface area contributed by atoms with E-state index in [1.165, 1.54) is 18.4 Å². The van der Waals surface area contributed by atoms with E-state index in [0.29, 0.717) is 11.4 Å². The molecule has 1 fully saturated rings. The van der Waals surface area contributed by atoms with E-state index in [1.54, 1.807) is 0 Å². The van der Waals surface area contributed by atoms with Gasteiger partial charge >= 0.3 is 0 Å². The lowest BCUT2D eigenvalue weighted by atomic mass is 10.1. The van der Waals surface area contributed by atoms with Crippen LogP contribution in [-0.2, 0) is 11.8 Å². The second-order valence-electron chi connectivity index (χ2n) is 4.91. The number of hydrogen-bond acceptors (Lipinski definition) is 4. The van der Waals surface area contributed by atoms with Gasteiger partial charge in [0.05, 0.1) is 12.3 Å². The first-order valence-electron chi connectivity index (χ1n) is 6.68. The smallest absolute Gasteiger partial charge is 0.0666 e. The number of nitrogens with zero attached hydrogens (tertiary/aromatic N) is 2. The summed E-state index contributed by atoms with van der Waals surface area (Å²) in [7, 11) is 1.95. The molecule has 0 spiro atoms. The van der Waals surface area contributed by atoms with Crippen LogP contribution in [0, 0.1) is 0 Å². The number of hydrogen-bond donors (Lipinski definition) is 1. The zero-order valence-corrected chi connectivity index (χ0v) is 12.0. The summed E-state index contributed by atoms with van der Waals surface area (Å²) < 4.78 is 7.52. The first-order chi connectivity index (χ1) is 8.70. The molecular formula is C13H23N3OS. The van der Waals surface area contributed by atoms with E-state index in [4.69, 9.17) is 10.5 Å². The van der Waals surface area contributed by atoms with Crippen LogP contribution in [0.5, 0.6) is 0 Å². The van der Waals surface area contributed by atoms with Crippen LogP contribution >= 0.6 is 11.8 Å². The first kappa shape index (κ1) is 13.9. The maximum Gasteiger partial charge on any atom is 0.0666 e. The molecule has 3 unspecified atom stereocenters. The molecule has 0 saturated carbocycles. The fourth-order valence-corrected chi connectivity index (χ4v) is 3.69. The molecule has 102 valence electrons. The van der Waals surface area contributed by atoms with Gasteiger partial charge in [-0.15, -0.1) is 11.8 Å². The van der Waals surface area contributed by atoms with Crippen molar-refractivity contribution < 1.29 is 4.74 Å². The van der Waals surface area contributed by atoms with Gasteiger partial charge in [0.2, 0.25) is 0 Å². The minimum atomic E-state index is 0.181. The van der Waals surface area contributed by atoms with Crippen molar-refractivity contribution in [1.29, 1.82) is 0 Å². The van der Waals surface area contributed by atoms with Gasteiger partial charge in [0, 0.05) is 42.5 Å². The third kappa shape index (κ3) is 3.49. The van der Waals surface area contributed by atoms with E-state index >= 15 is 0 Å². The average molecular weight is 269 g/mol. The largest absolute Gasteiger partial charge is 0.377 e. The molecule has 5 heteroatoms. The Morgan fingerprint density at radius 3 is 3.06 bits per heavy atom.